The van der Waals surface area contributed by atoms with Gasteiger partial charge < -0.3 is 24.4 Å². The van der Waals surface area contributed by atoms with Crippen molar-refractivity contribution in [2.24, 2.45) is 0 Å². The molecule has 2 aromatic rings. The van der Waals surface area contributed by atoms with Crippen molar-refractivity contribution in [1.82, 2.24) is 10.2 Å². The van der Waals surface area contributed by atoms with Crippen LogP contribution in [0, 0.1) is 6.92 Å². The van der Waals surface area contributed by atoms with Gasteiger partial charge in [0.1, 0.15) is 23.3 Å². The molecule has 0 saturated heterocycles. The van der Waals surface area contributed by atoms with Gasteiger partial charge in [-0.1, -0.05) is 29.8 Å². The predicted molar refractivity (Wildman–Crippen MR) is 110 cm³/mol. The number of nitrogens with zero attached hydrogens (tertiary/aromatic N) is 1. The second-order valence-electron chi connectivity index (χ2n) is 6.64. The summed E-state index contributed by atoms with van der Waals surface area (Å²) in [6.45, 7) is 3.77. The molecule has 7 nitrogen and oxygen atoms in total. The Morgan fingerprint density at radius 3 is 2.21 bits per heavy atom. The van der Waals surface area contributed by atoms with E-state index < -0.39 is 6.04 Å². The van der Waals surface area contributed by atoms with Crippen molar-refractivity contribution >= 4 is 11.8 Å². The monoisotopic (exact) mass is 400 g/mol. The van der Waals surface area contributed by atoms with Crippen molar-refractivity contribution < 1.29 is 23.8 Å². The molecule has 2 aromatic carbocycles. The SMILES string of the molecule is CNC(=O)[C@@H](C)N(Cc1cccc(C)c1)C(=O)COc1cc(OC)cc(OC)c1. The number of amides is 2. The van der Waals surface area contributed by atoms with Crippen LogP contribution in [0.15, 0.2) is 42.5 Å². The highest BCUT2D eigenvalue weighted by molar-refractivity contribution is 5.87. The highest BCUT2D eigenvalue weighted by Crippen LogP contribution is 2.27. The number of benzene rings is 2. The predicted octanol–water partition coefficient (Wildman–Crippen LogP) is 2.55. The Morgan fingerprint density at radius 2 is 1.66 bits per heavy atom. The highest BCUT2D eigenvalue weighted by Gasteiger charge is 2.26. The lowest BCUT2D eigenvalue weighted by Crippen LogP contribution is -2.48. The average Bonchev–Trinajstić information content (AvgIpc) is 2.74. The van der Waals surface area contributed by atoms with Crippen LogP contribution in [0.25, 0.3) is 0 Å². The third-order valence-corrected chi connectivity index (χ3v) is 4.54. The van der Waals surface area contributed by atoms with Crippen LogP contribution >= 0.6 is 0 Å². The summed E-state index contributed by atoms with van der Waals surface area (Å²) in [7, 11) is 4.63. The van der Waals surface area contributed by atoms with E-state index in [1.807, 2.05) is 31.2 Å². The fourth-order valence-electron chi connectivity index (χ4n) is 2.89. The van der Waals surface area contributed by atoms with E-state index in [0.717, 1.165) is 11.1 Å². The standard InChI is InChI=1S/C22H28N2O5/c1-15-7-6-8-17(9-15)13-24(16(2)22(26)23-3)21(25)14-29-20-11-18(27-4)10-19(12-20)28-5/h6-12,16H,13-14H2,1-5H3,(H,23,26)/t16-/m1/s1. The van der Waals surface area contributed by atoms with E-state index in [2.05, 4.69) is 5.32 Å². The minimum absolute atomic E-state index is 0.219. The first-order valence-electron chi connectivity index (χ1n) is 9.30. The van der Waals surface area contributed by atoms with Crippen molar-refractivity contribution in [3.05, 3.63) is 53.6 Å². The fourth-order valence-corrected chi connectivity index (χ4v) is 2.89. The topological polar surface area (TPSA) is 77.1 Å². The molecular weight excluding hydrogens is 372 g/mol. The second-order valence-corrected chi connectivity index (χ2v) is 6.64. The number of methoxy groups -OCH3 is 2. The van der Waals surface area contributed by atoms with Gasteiger partial charge in [0.25, 0.3) is 5.91 Å². The van der Waals surface area contributed by atoms with Crippen LogP contribution < -0.4 is 19.5 Å². The maximum absolute atomic E-state index is 12.9. The summed E-state index contributed by atoms with van der Waals surface area (Å²) in [6.07, 6.45) is 0. The first-order valence-corrected chi connectivity index (χ1v) is 9.30. The Kier molecular flexibility index (Phi) is 7.88. The molecular formula is C22H28N2O5. The summed E-state index contributed by atoms with van der Waals surface area (Å²) in [5, 5.41) is 2.59. The van der Waals surface area contributed by atoms with Gasteiger partial charge in [-0.25, -0.2) is 0 Å². The molecule has 0 aliphatic heterocycles. The van der Waals surface area contributed by atoms with Crippen LogP contribution in [0.2, 0.25) is 0 Å². The number of ether oxygens (including phenoxy) is 3. The molecule has 29 heavy (non-hydrogen) atoms. The number of carbonyl (C=O) groups is 2. The maximum atomic E-state index is 12.9. The molecule has 0 bridgehead atoms. The average molecular weight is 400 g/mol. The van der Waals surface area contributed by atoms with Gasteiger partial charge >= 0.3 is 0 Å². The Morgan fingerprint density at radius 1 is 1.03 bits per heavy atom. The number of hydrogen-bond donors (Lipinski definition) is 1. The van der Waals surface area contributed by atoms with Gasteiger partial charge in [0.05, 0.1) is 14.2 Å². The Bertz CT molecular complexity index is 831. The molecule has 1 N–H and O–H groups in total. The lowest BCUT2D eigenvalue weighted by Gasteiger charge is -2.28. The van der Waals surface area contributed by atoms with E-state index in [0.29, 0.717) is 23.8 Å². The van der Waals surface area contributed by atoms with Gasteiger partial charge in [-0.2, -0.15) is 0 Å². The summed E-state index contributed by atoms with van der Waals surface area (Å²) in [5.74, 6) is 1.01. The molecule has 7 heteroatoms. The molecule has 0 aliphatic rings. The molecule has 1 atom stereocenters. The van der Waals surface area contributed by atoms with Gasteiger partial charge in [-0.15, -0.1) is 0 Å². The molecule has 0 spiro atoms. The Labute approximate surface area is 171 Å². The molecule has 0 radical (unpaired) electrons. The van der Waals surface area contributed by atoms with Crippen LogP contribution in [0.3, 0.4) is 0 Å². The molecule has 156 valence electrons. The Balaban J connectivity index is 2.17. The van der Waals surface area contributed by atoms with Crippen LogP contribution in [-0.4, -0.2) is 50.6 Å². The van der Waals surface area contributed by atoms with Crippen LogP contribution in [0.5, 0.6) is 17.2 Å². The van der Waals surface area contributed by atoms with E-state index in [1.54, 1.807) is 46.4 Å². The zero-order valence-corrected chi connectivity index (χ0v) is 17.5. The molecule has 2 rings (SSSR count). The van der Waals surface area contributed by atoms with Crippen molar-refractivity contribution in [2.75, 3.05) is 27.9 Å². The lowest BCUT2D eigenvalue weighted by atomic mass is 10.1. The van der Waals surface area contributed by atoms with Gasteiger partial charge in [0.15, 0.2) is 6.61 Å². The summed E-state index contributed by atoms with van der Waals surface area (Å²) < 4.78 is 16.1. The summed E-state index contributed by atoms with van der Waals surface area (Å²) in [4.78, 5) is 26.6. The normalized spacial score (nSPS) is 11.3. The van der Waals surface area contributed by atoms with Gasteiger partial charge in [-0.3, -0.25) is 9.59 Å². The minimum Gasteiger partial charge on any atom is -0.496 e. The van der Waals surface area contributed by atoms with E-state index >= 15 is 0 Å². The number of carbonyl (C=O) groups excluding carboxylic acids is 2. The van der Waals surface area contributed by atoms with Gasteiger partial charge in [0.2, 0.25) is 5.91 Å². The minimum atomic E-state index is -0.642. The van der Waals surface area contributed by atoms with Crippen LogP contribution in [0.4, 0.5) is 0 Å². The van der Waals surface area contributed by atoms with Gasteiger partial charge in [0, 0.05) is 31.8 Å². The number of rotatable bonds is 9. The van der Waals surface area contributed by atoms with E-state index in [9.17, 15) is 9.59 Å². The van der Waals surface area contributed by atoms with Crippen LogP contribution in [0.1, 0.15) is 18.1 Å². The van der Waals surface area contributed by atoms with Crippen molar-refractivity contribution in [2.45, 2.75) is 26.4 Å². The largest absolute Gasteiger partial charge is 0.496 e. The van der Waals surface area contributed by atoms with Crippen molar-refractivity contribution in [1.29, 1.82) is 0 Å². The Hall–Kier alpha value is -3.22. The molecule has 0 saturated carbocycles. The summed E-state index contributed by atoms with van der Waals surface area (Å²) >= 11 is 0. The number of hydrogen-bond acceptors (Lipinski definition) is 5. The lowest BCUT2D eigenvalue weighted by molar-refractivity contribution is -0.142. The van der Waals surface area contributed by atoms with E-state index in [1.165, 1.54) is 4.90 Å². The number of aryl methyl sites for hydroxylation is 1. The molecule has 0 fully saturated rings. The maximum Gasteiger partial charge on any atom is 0.261 e. The molecule has 0 unspecified atom stereocenters. The van der Waals surface area contributed by atoms with Gasteiger partial charge in [-0.05, 0) is 19.4 Å². The van der Waals surface area contributed by atoms with Crippen molar-refractivity contribution in [3.8, 4) is 17.2 Å². The zero-order valence-electron chi connectivity index (χ0n) is 17.5. The number of likely N-dealkylation sites (N-methyl/N-ethyl adjacent to an activating group) is 1. The van der Waals surface area contributed by atoms with E-state index in [-0.39, 0.29) is 18.4 Å². The first kappa shape index (κ1) is 22.1. The smallest absolute Gasteiger partial charge is 0.261 e. The summed E-state index contributed by atoms with van der Waals surface area (Å²) in [6, 6.07) is 12.2. The molecule has 2 amide bonds. The quantitative estimate of drug-likeness (QED) is 0.700. The summed E-state index contributed by atoms with van der Waals surface area (Å²) in [5.41, 5.74) is 2.03. The second kappa shape index (κ2) is 10.4. The van der Waals surface area contributed by atoms with E-state index in [4.69, 9.17) is 14.2 Å². The third-order valence-electron chi connectivity index (χ3n) is 4.54. The molecule has 0 aliphatic carbocycles. The third kappa shape index (κ3) is 6.14. The molecule has 0 heterocycles. The fraction of sp³-hybridized carbons (Fsp3) is 0.364. The highest BCUT2D eigenvalue weighted by atomic mass is 16.5. The first-order chi connectivity index (χ1) is 13.9. The van der Waals surface area contributed by atoms with Crippen LogP contribution in [-0.2, 0) is 16.1 Å². The van der Waals surface area contributed by atoms with Crippen molar-refractivity contribution in [3.63, 3.8) is 0 Å². The molecule has 0 aromatic heterocycles. The number of nitrogens with one attached hydrogen (secondary N) is 1. The zero-order chi connectivity index (χ0) is 21.4.